The number of benzene rings is 1. The van der Waals surface area contributed by atoms with E-state index in [1.54, 1.807) is 6.20 Å². The van der Waals surface area contributed by atoms with Crippen molar-refractivity contribution in [3.05, 3.63) is 76.4 Å². The van der Waals surface area contributed by atoms with Crippen LogP contribution >= 0.6 is 11.8 Å². The third-order valence-corrected chi connectivity index (χ3v) is 4.32. The Morgan fingerprint density at radius 2 is 2.24 bits per heavy atom. The van der Waals surface area contributed by atoms with Crippen molar-refractivity contribution in [2.24, 2.45) is 7.05 Å². The number of esters is 1. The number of halogens is 1. The maximum Gasteiger partial charge on any atom is 0.343 e. The minimum Gasteiger partial charge on any atom is -0.464 e. The zero-order chi connectivity index (χ0) is 17.8. The first kappa shape index (κ1) is 17.0. The number of aromatic nitrogens is 2. The Hall–Kier alpha value is -2.87. The molecule has 0 fully saturated rings. The van der Waals surface area contributed by atoms with Crippen molar-refractivity contribution in [1.82, 2.24) is 9.55 Å². The molecule has 0 atom stereocenters. The Labute approximate surface area is 146 Å². The van der Waals surface area contributed by atoms with E-state index >= 15 is 0 Å². The molecule has 0 unspecified atom stereocenters. The lowest BCUT2D eigenvalue weighted by atomic mass is 10.2. The highest BCUT2D eigenvalue weighted by atomic mass is 32.2. The molecule has 3 rings (SSSR count). The van der Waals surface area contributed by atoms with Gasteiger partial charge < -0.3 is 13.7 Å². The van der Waals surface area contributed by atoms with Crippen LogP contribution in [0, 0.1) is 5.82 Å². The highest BCUT2D eigenvalue weighted by molar-refractivity contribution is 7.98. The molecule has 2 aromatic heterocycles. The quantitative estimate of drug-likeness (QED) is 0.514. The van der Waals surface area contributed by atoms with E-state index in [2.05, 4.69) is 4.98 Å². The predicted molar refractivity (Wildman–Crippen MR) is 89.1 cm³/mol. The molecule has 0 bridgehead atoms. The van der Waals surface area contributed by atoms with Crippen molar-refractivity contribution in [2.75, 3.05) is 0 Å². The average Bonchev–Trinajstić information content (AvgIpc) is 3.00. The van der Waals surface area contributed by atoms with Gasteiger partial charge in [0.15, 0.2) is 5.16 Å². The summed E-state index contributed by atoms with van der Waals surface area (Å²) in [6, 6.07) is 6.27. The molecule has 0 amide bonds. The first-order valence-corrected chi connectivity index (χ1v) is 8.21. The molecule has 0 spiro atoms. The van der Waals surface area contributed by atoms with Crippen LogP contribution in [-0.4, -0.2) is 15.5 Å². The van der Waals surface area contributed by atoms with E-state index < -0.39 is 17.2 Å². The van der Waals surface area contributed by atoms with Crippen LogP contribution in [0.3, 0.4) is 0 Å². The molecule has 6 nitrogen and oxygen atoms in total. The third kappa shape index (κ3) is 4.16. The summed E-state index contributed by atoms with van der Waals surface area (Å²) < 4.78 is 25.3. The topological polar surface area (TPSA) is 74.3 Å². The van der Waals surface area contributed by atoms with Gasteiger partial charge in [-0.25, -0.2) is 14.2 Å². The number of rotatable bonds is 5. The summed E-state index contributed by atoms with van der Waals surface area (Å²) in [4.78, 5) is 28.2. The Balaban J connectivity index is 1.68. The van der Waals surface area contributed by atoms with E-state index in [4.69, 9.17) is 9.15 Å². The number of carbonyl (C=O) groups is 1. The number of hydrogen-bond donors (Lipinski definition) is 0. The molecular formula is C17H13FN2O4S. The van der Waals surface area contributed by atoms with Gasteiger partial charge in [-0.05, 0) is 18.2 Å². The first-order valence-electron chi connectivity index (χ1n) is 7.22. The second kappa shape index (κ2) is 7.35. The molecular weight excluding hydrogens is 347 g/mol. The zero-order valence-electron chi connectivity index (χ0n) is 13.1. The first-order chi connectivity index (χ1) is 12.0. The monoisotopic (exact) mass is 360 g/mol. The van der Waals surface area contributed by atoms with Crippen molar-refractivity contribution in [3.8, 4) is 5.75 Å². The summed E-state index contributed by atoms with van der Waals surface area (Å²) >= 11 is 1.40. The van der Waals surface area contributed by atoms with Crippen LogP contribution in [0.15, 0.2) is 63.4 Å². The van der Waals surface area contributed by atoms with Crippen LogP contribution in [0.25, 0.3) is 0 Å². The lowest BCUT2D eigenvalue weighted by Gasteiger charge is -2.05. The highest BCUT2D eigenvalue weighted by Crippen LogP contribution is 2.20. The SMILES string of the molecule is Cn1ccnc1SCc1cc(=O)c(OC(=O)c2cccc(F)c2)co1. The highest BCUT2D eigenvalue weighted by Gasteiger charge is 2.13. The molecule has 8 heteroatoms. The Morgan fingerprint density at radius 3 is 2.92 bits per heavy atom. The second-order valence-corrected chi connectivity index (χ2v) is 6.03. The van der Waals surface area contributed by atoms with Crippen molar-refractivity contribution < 1.29 is 18.3 Å². The minimum atomic E-state index is -0.832. The Bertz CT molecular complexity index is 967. The normalized spacial score (nSPS) is 10.6. The molecule has 2 heterocycles. The van der Waals surface area contributed by atoms with Crippen molar-refractivity contribution >= 4 is 17.7 Å². The molecule has 0 radical (unpaired) electrons. The number of ether oxygens (including phenoxy) is 1. The van der Waals surface area contributed by atoms with Gasteiger partial charge in [-0.3, -0.25) is 4.79 Å². The number of hydrogen-bond acceptors (Lipinski definition) is 6. The predicted octanol–water partition coefficient (Wildman–Crippen LogP) is 3.02. The molecule has 1 aromatic carbocycles. The van der Waals surface area contributed by atoms with Gasteiger partial charge in [-0.1, -0.05) is 17.8 Å². The van der Waals surface area contributed by atoms with Crippen LogP contribution in [0.2, 0.25) is 0 Å². The lowest BCUT2D eigenvalue weighted by molar-refractivity contribution is 0.0728. The summed E-state index contributed by atoms with van der Waals surface area (Å²) in [5.41, 5.74) is -0.486. The van der Waals surface area contributed by atoms with E-state index in [1.165, 1.54) is 36.0 Å². The van der Waals surface area contributed by atoms with Crippen molar-refractivity contribution in [3.63, 3.8) is 0 Å². The maximum atomic E-state index is 13.1. The van der Waals surface area contributed by atoms with Gasteiger partial charge in [0.2, 0.25) is 11.2 Å². The summed E-state index contributed by atoms with van der Waals surface area (Å²) in [6.45, 7) is 0. The lowest BCUT2D eigenvalue weighted by Crippen LogP contribution is -2.14. The fourth-order valence-corrected chi connectivity index (χ4v) is 2.81. The van der Waals surface area contributed by atoms with Crippen molar-refractivity contribution in [1.29, 1.82) is 0 Å². The molecule has 0 aliphatic carbocycles. The van der Waals surface area contributed by atoms with E-state index in [0.717, 1.165) is 17.5 Å². The van der Waals surface area contributed by atoms with Gasteiger partial charge in [0.05, 0.1) is 11.3 Å². The molecule has 0 aliphatic heterocycles. The van der Waals surface area contributed by atoms with Gasteiger partial charge in [-0.2, -0.15) is 0 Å². The number of thioether (sulfide) groups is 1. The molecule has 0 saturated carbocycles. The van der Waals surface area contributed by atoms with E-state index in [-0.39, 0.29) is 11.3 Å². The molecule has 25 heavy (non-hydrogen) atoms. The number of imidazole rings is 1. The fourth-order valence-electron chi connectivity index (χ4n) is 1.99. The van der Waals surface area contributed by atoms with Gasteiger partial charge >= 0.3 is 5.97 Å². The molecule has 128 valence electrons. The summed E-state index contributed by atoms with van der Waals surface area (Å²) in [5.74, 6) is -0.827. The molecule has 3 aromatic rings. The van der Waals surface area contributed by atoms with Crippen LogP contribution in [0.5, 0.6) is 5.75 Å². The molecule has 0 aliphatic rings. The summed E-state index contributed by atoms with van der Waals surface area (Å²) in [5, 5.41) is 0.782. The van der Waals surface area contributed by atoms with Crippen LogP contribution in [-0.2, 0) is 12.8 Å². The van der Waals surface area contributed by atoms with E-state index in [1.807, 2.05) is 17.8 Å². The Morgan fingerprint density at radius 1 is 1.40 bits per heavy atom. The molecule has 0 saturated heterocycles. The second-order valence-electron chi connectivity index (χ2n) is 5.08. The van der Waals surface area contributed by atoms with Gasteiger partial charge in [0.25, 0.3) is 0 Å². The average molecular weight is 360 g/mol. The van der Waals surface area contributed by atoms with Crippen LogP contribution in [0.4, 0.5) is 4.39 Å². The minimum absolute atomic E-state index is 0.00816. The fraction of sp³-hybridized carbons (Fsp3) is 0.118. The maximum absolute atomic E-state index is 13.1. The van der Waals surface area contributed by atoms with E-state index in [0.29, 0.717) is 11.5 Å². The van der Waals surface area contributed by atoms with Crippen LogP contribution in [0.1, 0.15) is 16.1 Å². The van der Waals surface area contributed by atoms with E-state index in [9.17, 15) is 14.0 Å². The number of nitrogens with zero attached hydrogens (tertiary/aromatic N) is 2. The smallest absolute Gasteiger partial charge is 0.343 e. The van der Waals surface area contributed by atoms with Gasteiger partial charge in [0, 0.05) is 25.5 Å². The summed E-state index contributed by atoms with van der Waals surface area (Å²) in [6.07, 6.45) is 4.56. The standard InChI is InChI=1S/C17H13FN2O4S/c1-20-6-5-19-17(20)25-10-13-8-14(21)15(9-23-13)24-16(22)11-3-2-4-12(18)7-11/h2-9H,10H2,1H3. The molecule has 0 N–H and O–H groups in total. The van der Waals surface area contributed by atoms with Gasteiger partial charge in [-0.15, -0.1) is 0 Å². The number of aryl methyl sites for hydroxylation is 1. The van der Waals surface area contributed by atoms with Crippen molar-refractivity contribution in [2.45, 2.75) is 10.9 Å². The summed E-state index contributed by atoms with van der Waals surface area (Å²) in [7, 11) is 1.86. The zero-order valence-corrected chi connectivity index (χ0v) is 14.0. The van der Waals surface area contributed by atoms with Crippen LogP contribution < -0.4 is 10.2 Å². The van der Waals surface area contributed by atoms with Gasteiger partial charge in [0.1, 0.15) is 17.8 Å². The Kier molecular flexibility index (Phi) is 4.99. The number of carbonyl (C=O) groups excluding carboxylic acids is 1. The third-order valence-electron chi connectivity index (χ3n) is 3.24. The largest absolute Gasteiger partial charge is 0.464 e.